The summed E-state index contributed by atoms with van der Waals surface area (Å²) < 4.78 is 25.0. The Morgan fingerprint density at radius 1 is 1.07 bits per heavy atom. The normalized spacial score (nSPS) is 15.6. The molecule has 28 heavy (non-hydrogen) atoms. The van der Waals surface area contributed by atoms with E-state index in [1.54, 1.807) is 12.1 Å². The number of aromatic nitrogens is 2. The predicted octanol–water partition coefficient (Wildman–Crippen LogP) is 1.67. The molecule has 1 aliphatic heterocycles. The molecular weight excluding hydrogens is 382 g/mol. The number of hydrogen-bond donors (Lipinski definition) is 0. The van der Waals surface area contributed by atoms with E-state index in [1.165, 1.54) is 22.7 Å². The van der Waals surface area contributed by atoms with Crippen LogP contribution in [0.2, 0.25) is 0 Å². The van der Waals surface area contributed by atoms with Gasteiger partial charge in [0.25, 0.3) is 5.69 Å². The summed E-state index contributed by atoms with van der Waals surface area (Å²) >= 11 is 0. The maximum Gasteiger partial charge on any atom is 0.269 e. The van der Waals surface area contributed by atoms with Crippen LogP contribution in [0.3, 0.4) is 0 Å². The van der Waals surface area contributed by atoms with Crippen molar-refractivity contribution in [1.29, 1.82) is 0 Å². The van der Waals surface area contributed by atoms with Crippen LogP contribution in [0, 0.1) is 24.0 Å². The molecule has 0 saturated carbocycles. The Hall–Kier alpha value is -2.59. The van der Waals surface area contributed by atoms with Gasteiger partial charge >= 0.3 is 0 Å². The molecule has 3 rings (SSSR count). The summed E-state index contributed by atoms with van der Waals surface area (Å²) in [4.78, 5) is 21.6. The zero-order chi connectivity index (χ0) is 20.5. The highest BCUT2D eigenvalue weighted by atomic mass is 32.2. The van der Waals surface area contributed by atoms with Gasteiger partial charge in [-0.3, -0.25) is 10.1 Å². The molecule has 10 heteroatoms. The van der Waals surface area contributed by atoms with E-state index in [4.69, 9.17) is 0 Å². The van der Waals surface area contributed by atoms with Gasteiger partial charge in [-0.1, -0.05) is 12.1 Å². The first kappa shape index (κ1) is 20.2. The Bertz CT molecular complexity index is 984. The number of benzene rings is 1. The fourth-order valence-electron chi connectivity index (χ4n) is 3.36. The topological polar surface area (TPSA) is 110 Å². The molecule has 0 radical (unpaired) electrons. The van der Waals surface area contributed by atoms with Crippen LogP contribution >= 0.6 is 0 Å². The number of nitro groups is 1. The summed E-state index contributed by atoms with van der Waals surface area (Å²) in [6.45, 7) is 5.69. The number of rotatable bonds is 5. The molecule has 0 atom stereocenters. The van der Waals surface area contributed by atoms with Crippen LogP contribution in [-0.2, 0) is 16.4 Å². The number of piperazine rings is 1. The minimum Gasteiger partial charge on any atom is -0.354 e. The largest absolute Gasteiger partial charge is 0.354 e. The summed E-state index contributed by atoms with van der Waals surface area (Å²) in [6.07, 6.45) is 1.77. The Morgan fingerprint density at radius 2 is 1.68 bits per heavy atom. The zero-order valence-corrected chi connectivity index (χ0v) is 16.9. The van der Waals surface area contributed by atoms with Crippen LogP contribution in [0.5, 0.6) is 0 Å². The van der Waals surface area contributed by atoms with E-state index in [2.05, 4.69) is 14.9 Å². The van der Waals surface area contributed by atoms with Gasteiger partial charge in [-0.15, -0.1) is 0 Å². The smallest absolute Gasteiger partial charge is 0.269 e. The Balaban J connectivity index is 1.87. The quantitative estimate of drug-likeness (QED) is 0.550. The van der Waals surface area contributed by atoms with Gasteiger partial charge in [0.05, 0.1) is 11.2 Å². The first-order valence-corrected chi connectivity index (χ1v) is 10.8. The SMILES string of the molecule is Cc1nc(C)c(Cc2ccc([N+](=O)[O-])cc2)c(N2CCN(S(C)(=O)=O)CC2)n1. The third-order valence-electron chi connectivity index (χ3n) is 4.84. The highest BCUT2D eigenvalue weighted by Crippen LogP contribution is 2.26. The average molecular weight is 405 g/mol. The van der Waals surface area contributed by atoms with Crippen molar-refractivity contribution in [2.45, 2.75) is 20.3 Å². The van der Waals surface area contributed by atoms with E-state index >= 15 is 0 Å². The van der Waals surface area contributed by atoms with Crippen molar-refractivity contribution in [2.75, 3.05) is 37.3 Å². The fraction of sp³-hybridized carbons (Fsp3) is 0.444. The average Bonchev–Trinajstić information content (AvgIpc) is 2.63. The number of nitro benzene ring substituents is 1. The van der Waals surface area contributed by atoms with E-state index in [-0.39, 0.29) is 5.69 Å². The molecule has 0 unspecified atom stereocenters. The van der Waals surface area contributed by atoms with Crippen molar-refractivity contribution in [3.8, 4) is 0 Å². The van der Waals surface area contributed by atoms with E-state index in [0.717, 1.165) is 22.6 Å². The molecule has 0 bridgehead atoms. The van der Waals surface area contributed by atoms with Crippen molar-refractivity contribution < 1.29 is 13.3 Å². The second-order valence-electron chi connectivity index (χ2n) is 6.91. The number of anilines is 1. The Kier molecular flexibility index (Phi) is 5.61. The third-order valence-corrected chi connectivity index (χ3v) is 6.14. The lowest BCUT2D eigenvalue weighted by Gasteiger charge is -2.35. The predicted molar refractivity (Wildman–Crippen MR) is 106 cm³/mol. The molecule has 1 fully saturated rings. The molecule has 9 nitrogen and oxygen atoms in total. The Morgan fingerprint density at radius 3 is 2.21 bits per heavy atom. The summed E-state index contributed by atoms with van der Waals surface area (Å²) in [7, 11) is -3.20. The number of nitrogens with zero attached hydrogens (tertiary/aromatic N) is 5. The van der Waals surface area contributed by atoms with E-state index in [0.29, 0.717) is 38.4 Å². The van der Waals surface area contributed by atoms with Crippen LogP contribution < -0.4 is 4.90 Å². The highest BCUT2D eigenvalue weighted by Gasteiger charge is 2.26. The standard InChI is InChI=1S/C18H23N5O4S/c1-13-17(12-15-4-6-16(7-5-15)23(24)25)18(20-14(2)19-13)21-8-10-22(11-9-21)28(3,26)27/h4-7H,8-12H2,1-3H3. The van der Waals surface area contributed by atoms with Gasteiger partial charge in [0.15, 0.2) is 0 Å². The van der Waals surface area contributed by atoms with Crippen LogP contribution in [0.1, 0.15) is 22.6 Å². The molecule has 0 N–H and O–H groups in total. The Labute approximate surface area is 164 Å². The molecule has 2 aromatic rings. The molecule has 1 aliphatic rings. The maximum absolute atomic E-state index is 11.8. The van der Waals surface area contributed by atoms with Crippen LogP contribution in [-0.4, -0.2) is 60.0 Å². The van der Waals surface area contributed by atoms with E-state index in [9.17, 15) is 18.5 Å². The summed E-state index contributed by atoms with van der Waals surface area (Å²) in [5.41, 5.74) is 2.79. The van der Waals surface area contributed by atoms with Gasteiger partial charge < -0.3 is 4.90 Å². The van der Waals surface area contributed by atoms with Crippen molar-refractivity contribution in [2.24, 2.45) is 0 Å². The van der Waals surface area contributed by atoms with Gasteiger partial charge in [0.2, 0.25) is 10.0 Å². The number of hydrogen-bond acceptors (Lipinski definition) is 7. The van der Waals surface area contributed by atoms with Crippen LogP contribution in [0.15, 0.2) is 24.3 Å². The first-order chi connectivity index (χ1) is 13.1. The van der Waals surface area contributed by atoms with Gasteiger partial charge in [-0.25, -0.2) is 18.4 Å². The van der Waals surface area contributed by atoms with Crippen LogP contribution in [0.4, 0.5) is 11.5 Å². The molecule has 0 aliphatic carbocycles. The minimum absolute atomic E-state index is 0.0535. The highest BCUT2D eigenvalue weighted by molar-refractivity contribution is 7.88. The summed E-state index contributed by atoms with van der Waals surface area (Å²) in [5, 5.41) is 10.9. The second-order valence-corrected chi connectivity index (χ2v) is 8.89. The third kappa shape index (κ3) is 4.45. The van der Waals surface area contributed by atoms with Crippen molar-refractivity contribution in [3.05, 3.63) is 57.0 Å². The first-order valence-electron chi connectivity index (χ1n) is 8.92. The van der Waals surface area contributed by atoms with Crippen LogP contribution in [0.25, 0.3) is 0 Å². The van der Waals surface area contributed by atoms with Gasteiger partial charge in [-0.05, 0) is 19.4 Å². The maximum atomic E-state index is 11.8. The lowest BCUT2D eigenvalue weighted by atomic mass is 10.0. The molecule has 2 heterocycles. The minimum atomic E-state index is -3.20. The molecule has 0 spiro atoms. The zero-order valence-electron chi connectivity index (χ0n) is 16.1. The number of aryl methyl sites for hydroxylation is 2. The van der Waals surface area contributed by atoms with E-state index in [1.807, 2.05) is 13.8 Å². The lowest BCUT2D eigenvalue weighted by molar-refractivity contribution is -0.384. The van der Waals surface area contributed by atoms with Crippen molar-refractivity contribution in [3.63, 3.8) is 0 Å². The van der Waals surface area contributed by atoms with Crippen molar-refractivity contribution in [1.82, 2.24) is 14.3 Å². The molecule has 0 amide bonds. The summed E-state index contributed by atoms with van der Waals surface area (Å²) in [5.74, 6) is 1.46. The monoisotopic (exact) mass is 405 g/mol. The second kappa shape index (κ2) is 7.80. The van der Waals surface area contributed by atoms with E-state index < -0.39 is 14.9 Å². The number of sulfonamides is 1. The molecule has 1 saturated heterocycles. The van der Waals surface area contributed by atoms with Gasteiger partial charge in [-0.2, -0.15) is 4.31 Å². The number of non-ortho nitro benzene ring substituents is 1. The molecule has 150 valence electrons. The summed E-state index contributed by atoms with van der Waals surface area (Å²) in [6, 6.07) is 6.46. The van der Waals surface area contributed by atoms with Gasteiger partial charge in [0, 0.05) is 56.0 Å². The molecule has 1 aromatic carbocycles. The molecule has 1 aromatic heterocycles. The van der Waals surface area contributed by atoms with Crippen molar-refractivity contribution >= 4 is 21.5 Å². The fourth-order valence-corrected chi connectivity index (χ4v) is 4.18. The van der Waals surface area contributed by atoms with Gasteiger partial charge in [0.1, 0.15) is 11.6 Å². The molecular formula is C18H23N5O4S. The lowest BCUT2D eigenvalue weighted by Crippen LogP contribution is -2.49.